The van der Waals surface area contributed by atoms with Crippen LogP contribution in [-0.4, -0.2) is 140 Å². The monoisotopic (exact) mass is 1740 g/mol. The molecule has 2 saturated heterocycles. The predicted octanol–water partition coefficient (Wildman–Crippen LogP) is 18.2. The summed E-state index contributed by atoms with van der Waals surface area (Å²) in [6.45, 7) is 4.77. The Labute approximate surface area is 739 Å². The molecular weight excluding hydrogens is 1640 g/mol. The number of aromatic nitrogens is 4. The number of aliphatic hydroxyl groups is 4. The molecular formula is C101H106N10O14P2. The van der Waals surface area contributed by atoms with Crippen LogP contribution in [0.1, 0.15) is 80.6 Å². The van der Waals surface area contributed by atoms with Crippen molar-refractivity contribution in [1.82, 2.24) is 40.0 Å². The maximum atomic E-state index is 15.5. The van der Waals surface area contributed by atoms with Crippen LogP contribution >= 0.6 is 15.2 Å². The van der Waals surface area contributed by atoms with E-state index < -0.39 is 63.8 Å². The Morgan fingerprint density at radius 2 is 0.614 bits per heavy atom. The van der Waals surface area contributed by atoms with E-state index >= 15 is 9.59 Å². The molecule has 2 aromatic heterocycles. The van der Waals surface area contributed by atoms with Gasteiger partial charge in [-0.1, -0.05) is 279 Å². The number of rotatable bonds is 36. The van der Waals surface area contributed by atoms with Crippen LogP contribution in [0, 0.1) is 0 Å². The van der Waals surface area contributed by atoms with Crippen LogP contribution in [0.4, 0.5) is 21.2 Å². The summed E-state index contributed by atoms with van der Waals surface area (Å²) in [6, 6.07) is 98.7. The van der Waals surface area contributed by atoms with Crippen LogP contribution in [0.3, 0.4) is 0 Å². The van der Waals surface area contributed by atoms with Gasteiger partial charge in [0.05, 0.1) is 61.6 Å². The van der Waals surface area contributed by atoms with Crippen molar-refractivity contribution >= 4 is 60.7 Å². The second-order valence-corrected chi connectivity index (χ2v) is 36.4. The number of carbonyl (C=O) groups is 2. The lowest BCUT2D eigenvalue weighted by molar-refractivity contribution is -0.0408. The lowest BCUT2D eigenvalue weighted by Crippen LogP contribution is -2.50. The predicted molar refractivity (Wildman–Crippen MR) is 492 cm³/mol. The summed E-state index contributed by atoms with van der Waals surface area (Å²) in [6.07, 6.45) is -4.78. The van der Waals surface area contributed by atoms with E-state index in [4.69, 9.17) is 33.3 Å². The molecule has 2 fully saturated rings. The van der Waals surface area contributed by atoms with Gasteiger partial charge in [-0.25, -0.2) is 9.59 Å². The number of amides is 4. The van der Waals surface area contributed by atoms with Gasteiger partial charge in [0.15, 0.2) is 24.3 Å². The van der Waals surface area contributed by atoms with Gasteiger partial charge in [0.25, 0.3) is 0 Å². The lowest BCUT2D eigenvalue weighted by Gasteiger charge is -2.36. The number of urea groups is 2. The number of fused-ring (bicyclic) bond motifs is 2. The number of aliphatic hydroxyl groups excluding tert-OH is 4. The van der Waals surface area contributed by atoms with Crippen molar-refractivity contribution < 1.29 is 66.7 Å². The number of H-pyrrole nitrogens is 2. The molecule has 0 aliphatic carbocycles. The normalized spacial score (nSPS) is 18.1. The number of hydrogen-bond donors (Lipinski definition) is 8. The molecule has 654 valence electrons. The summed E-state index contributed by atoms with van der Waals surface area (Å²) in [5.74, 6) is 1.84. The van der Waals surface area contributed by atoms with Crippen LogP contribution in [0.5, 0.6) is 11.5 Å². The van der Waals surface area contributed by atoms with Crippen LogP contribution in [0.25, 0.3) is 21.8 Å². The molecule has 8 atom stereocenters. The fraction of sp³-hybridized carbons (Fsp3) is 0.248. The molecule has 4 heterocycles. The van der Waals surface area contributed by atoms with E-state index in [1.165, 1.54) is 0 Å². The van der Waals surface area contributed by atoms with E-state index in [9.17, 15) is 29.6 Å². The first-order valence-corrected chi connectivity index (χ1v) is 46.1. The van der Waals surface area contributed by atoms with Crippen molar-refractivity contribution in [2.24, 2.45) is 0 Å². The molecule has 26 heteroatoms. The first-order chi connectivity index (χ1) is 61.8. The number of ether oxygens (including phenoxy) is 2. The van der Waals surface area contributed by atoms with Crippen molar-refractivity contribution in [1.29, 1.82) is 0 Å². The number of nitrogens with two attached hydrogens (primary N) is 1. The van der Waals surface area contributed by atoms with Gasteiger partial charge in [0.2, 0.25) is 0 Å². The van der Waals surface area contributed by atoms with E-state index in [-0.39, 0.29) is 89.8 Å². The number of nitrogens with zero attached hydrogens (tertiary/aromatic N) is 6. The highest BCUT2D eigenvalue weighted by molar-refractivity contribution is 7.53. The molecule has 24 nitrogen and oxygen atoms in total. The zero-order valence-electron chi connectivity index (χ0n) is 70.8. The van der Waals surface area contributed by atoms with Crippen LogP contribution in [0.15, 0.2) is 328 Å². The molecule has 9 N–H and O–H groups in total. The molecule has 2 aliphatic rings. The first-order valence-electron chi connectivity index (χ1n) is 42.7. The van der Waals surface area contributed by atoms with Gasteiger partial charge in [-0.2, -0.15) is 10.2 Å². The van der Waals surface area contributed by atoms with Gasteiger partial charge in [0, 0.05) is 43.0 Å². The fourth-order valence-electron chi connectivity index (χ4n) is 16.1. The van der Waals surface area contributed by atoms with Crippen molar-refractivity contribution in [3.8, 4) is 11.5 Å². The highest BCUT2D eigenvalue weighted by Gasteiger charge is 2.49. The first kappa shape index (κ1) is 89.3. The van der Waals surface area contributed by atoms with Crippen LogP contribution in [-0.2, 0) is 106 Å². The number of nitrogen functional groups attached to an aromatic ring is 1. The van der Waals surface area contributed by atoms with Crippen LogP contribution < -0.4 is 20.5 Å². The van der Waals surface area contributed by atoms with Crippen molar-refractivity contribution in [3.05, 3.63) is 394 Å². The van der Waals surface area contributed by atoms with E-state index in [1.807, 2.05) is 311 Å². The molecule has 127 heavy (non-hydrogen) atoms. The number of nitrogens with one attached hydrogen (secondary N) is 3. The van der Waals surface area contributed by atoms with Gasteiger partial charge in [-0.05, 0) is 155 Å². The number of hydrogen-bond acceptors (Lipinski definition) is 18. The third-order valence-corrected chi connectivity index (χ3v) is 25.8. The van der Waals surface area contributed by atoms with Crippen molar-refractivity contribution in [2.75, 3.05) is 23.7 Å². The summed E-state index contributed by atoms with van der Waals surface area (Å²) in [4.78, 5) is 37.5. The minimum absolute atomic E-state index is 0.0618. The lowest BCUT2D eigenvalue weighted by atomic mass is 9.91. The van der Waals surface area contributed by atoms with Crippen LogP contribution in [0.2, 0.25) is 0 Å². The number of benzene rings is 12. The zero-order chi connectivity index (χ0) is 88.1. The topological polar surface area (TPSA) is 313 Å². The molecule has 0 radical (unpaired) electrons. The molecule has 4 amide bonds. The Morgan fingerprint density at radius 1 is 0.346 bits per heavy atom. The Bertz CT molecular complexity index is 5870. The average molecular weight is 1750 g/mol. The Kier molecular flexibility index (Phi) is 30.0. The Balaban J connectivity index is 0.000000196. The highest BCUT2D eigenvalue weighted by Crippen LogP contribution is 2.51. The third kappa shape index (κ3) is 23.8. The average Bonchev–Trinajstić information content (AvgIpc) is 1.64. The second kappa shape index (κ2) is 42.6. The largest absolute Gasteiger partial charge is 0.481 e. The number of carbonyl (C=O) groups excluding carboxylic acids is 2. The highest BCUT2D eigenvalue weighted by atomic mass is 31.2. The quantitative estimate of drug-likeness (QED) is 0.0169. The summed E-state index contributed by atoms with van der Waals surface area (Å²) >= 11 is 0. The van der Waals surface area contributed by atoms with Crippen molar-refractivity contribution in [2.45, 2.75) is 147 Å². The second-order valence-electron chi connectivity index (χ2n) is 32.4. The summed E-state index contributed by atoms with van der Waals surface area (Å²) < 4.78 is 64.8. The van der Waals surface area contributed by atoms with Gasteiger partial charge in [0.1, 0.15) is 35.9 Å². The molecule has 2 aliphatic heterocycles. The molecule has 0 unspecified atom stereocenters. The Hall–Kier alpha value is -12.5. The fourth-order valence-corrected chi connectivity index (χ4v) is 18.6. The smallest absolute Gasteiger partial charge is 0.368 e. The standard InChI is InChI=1S/C52H56N5O7P.C49H50N5O7P/c1-37(2)53-51-45-29-43(26-27-46(45)54-55-51)33-57-48(31-39-18-9-4-10-19-39)50(59)49(58)47(30-38-16-7-3-8-17-38)56(52(57)60)32-42-24-15-25-44(28-42)62-36-65(61,63-34-40-20-11-5-12-21-40)64-35-41-22-13-6-14-23-41;50-48-42-27-40(24-25-43(42)51-52-48)31-54-45(29-36-16-7-2-8-17-36)47(56)46(55)44(28-35-14-5-1-6-15-35)53(49(54)57)30-39-22-13-23-41(26-39)59-34-62(58,60-32-37-18-9-3-10-19-37)61-33-38-20-11-4-12-21-38/h3-29,37,47-50,58-59H,30-36H2,1-2H3,(H2,53,54,55);1-27,44-47,55-56H,28-34H2,(H3,50,51,52)/t47-,48-,49+,50+;44-,45-,46+,47+/m11/s1. The molecule has 14 aromatic rings. The van der Waals surface area contributed by atoms with E-state index in [0.29, 0.717) is 53.5 Å². The summed E-state index contributed by atoms with van der Waals surface area (Å²) in [5.41, 5.74) is 17.8. The van der Waals surface area contributed by atoms with Crippen molar-refractivity contribution in [3.63, 3.8) is 0 Å². The maximum absolute atomic E-state index is 15.5. The minimum atomic E-state index is -3.81. The van der Waals surface area contributed by atoms with Gasteiger partial charge >= 0.3 is 27.3 Å². The van der Waals surface area contributed by atoms with Gasteiger partial charge in [-0.15, -0.1) is 0 Å². The summed E-state index contributed by atoms with van der Waals surface area (Å²) in [5, 5.41) is 68.8. The van der Waals surface area contributed by atoms with E-state index in [1.54, 1.807) is 49.9 Å². The Morgan fingerprint density at radius 3 is 0.921 bits per heavy atom. The third-order valence-electron chi connectivity index (χ3n) is 22.8. The zero-order valence-corrected chi connectivity index (χ0v) is 72.6. The minimum Gasteiger partial charge on any atom is -0.481 e. The molecule has 16 rings (SSSR count). The van der Waals surface area contributed by atoms with Gasteiger partial charge < -0.3 is 78.6 Å². The molecule has 0 bridgehead atoms. The van der Waals surface area contributed by atoms with Gasteiger partial charge in [-0.3, -0.25) is 19.3 Å². The maximum Gasteiger partial charge on any atom is 0.368 e. The van der Waals surface area contributed by atoms with E-state index in [2.05, 4.69) is 25.7 Å². The molecule has 12 aromatic carbocycles. The molecule has 0 spiro atoms. The molecule has 0 saturated carbocycles. The summed E-state index contributed by atoms with van der Waals surface area (Å²) in [7, 11) is -7.61. The van der Waals surface area contributed by atoms with E-state index in [0.717, 1.165) is 77.4 Å². The number of aromatic amines is 2. The SMILES string of the molecule is CC(C)Nc1n[nH]c2ccc(CN3C(=O)N(Cc4cccc(OCP(=O)(OCc5ccccc5)OCc5ccccc5)c4)[C@H](Cc4ccccc4)[C@H](O)[C@@H](O)[C@H]3Cc3ccccc3)cc12.Nc1n[nH]c2ccc(CN3C(=O)N(Cc4cccc(OCP(=O)(OCc5ccccc5)OCc5ccccc5)c4)[C@H](Cc4ccccc4)[C@H](O)[C@@H](O)[C@H]3Cc3ccccc3)cc12. The number of anilines is 2.